The third kappa shape index (κ3) is 5.20. The molecule has 3 N–H and O–H groups in total. The molecule has 2 aliphatic heterocycles. The van der Waals surface area contributed by atoms with Gasteiger partial charge in [-0.3, -0.25) is 4.79 Å². The number of ether oxygens (including phenoxy) is 1. The van der Waals surface area contributed by atoms with E-state index >= 15 is 0 Å². The van der Waals surface area contributed by atoms with Crippen molar-refractivity contribution in [3.8, 4) is 6.07 Å². The third-order valence-corrected chi connectivity index (χ3v) is 8.86. The van der Waals surface area contributed by atoms with Crippen LogP contribution in [0.4, 0.5) is 11.4 Å². The van der Waals surface area contributed by atoms with Crippen LogP contribution in [0.2, 0.25) is 0 Å². The van der Waals surface area contributed by atoms with Gasteiger partial charge in [0.2, 0.25) is 0 Å². The maximum atomic E-state index is 13.6. The molecule has 2 fully saturated rings. The van der Waals surface area contributed by atoms with Crippen LogP contribution in [0.3, 0.4) is 0 Å². The van der Waals surface area contributed by atoms with E-state index in [4.69, 9.17) is 9.72 Å². The van der Waals surface area contributed by atoms with Crippen LogP contribution in [-0.2, 0) is 29.2 Å². The number of carbonyl (C=O) groups excluding carboxylic acids is 1. The lowest BCUT2D eigenvalue weighted by Gasteiger charge is -2.46. The van der Waals surface area contributed by atoms with Crippen LogP contribution >= 0.6 is 0 Å². The Balaban J connectivity index is 1.24. The van der Waals surface area contributed by atoms with Gasteiger partial charge in [-0.2, -0.15) is 5.26 Å². The number of nitriles is 1. The van der Waals surface area contributed by atoms with Crippen molar-refractivity contribution in [2.45, 2.75) is 69.4 Å². The minimum Gasteiger partial charge on any atom is -0.382 e. The second kappa shape index (κ2) is 10.9. The van der Waals surface area contributed by atoms with Crippen LogP contribution < -0.4 is 16.0 Å². The summed E-state index contributed by atoms with van der Waals surface area (Å²) in [5, 5.41) is 27.9. The van der Waals surface area contributed by atoms with Crippen molar-refractivity contribution in [2.75, 3.05) is 30.3 Å². The van der Waals surface area contributed by atoms with Gasteiger partial charge in [-0.15, -0.1) is 10.2 Å². The van der Waals surface area contributed by atoms with Crippen LogP contribution in [-0.4, -0.2) is 51.5 Å². The summed E-state index contributed by atoms with van der Waals surface area (Å²) in [6.45, 7) is 7.33. The summed E-state index contributed by atoms with van der Waals surface area (Å²) in [5.41, 5.74) is 4.64. The number of rotatable bonds is 9. The van der Waals surface area contributed by atoms with Crippen LogP contribution in [0.1, 0.15) is 79.1 Å². The smallest absolute Gasteiger partial charge is 0.274 e. The number of nitrogens with one attached hydrogen (secondary N) is 3. The van der Waals surface area contributed by atoms with Gasteiger partial charge >= 0.3 is 0 Å². The summed E-state index contributed by atoms with van der Waals surface area (Å²) in [7, 11) is 1.95. The normalized spacial score (nSPS) is 24.2. The fraction of sp³-hybridized carbons (Fsp3) is 0.516. The average Bonchev–Trinajstić information content (AvgIpc) is 3.67. The maximum absolute atomic E-state index is 13.6. The summed E-state index contributed by atoms with van der Waals surface area (Å²) >= 11 is 0. The Morgan fingerprint density at radius 1 is 1.29 bits per heavy atom. The highest BCUT2D eigenvalue weighted by Crippen LogP contribution is 2.53. The molecule has 214 valence electrons. The molecule has 3 aromatic rings. The Kier molecular flexibility index (Phi) is 7.26. The molecule has 1 amide bonds. The van der Waals surface area contributed by atoms with Gasteiger partial charge in [0.25, 0.3) is 5.91 Å². The molecule has 1 atom stereocenters. The van der Waals surface area contributed by atoms with Gasteiger partial charge in [0.05, 0.1) is 29.0 Å². The van der Waals surface area contributed by atoms with E-state index in [9.17, 15) is 10.1 Å². The molecule has 2 aromatic heterocycles. The molecule has 1 saturated carbocycles. The van der Waals surface area contributed by atoms with Gasteiger partial charge in [-0.05, 0) is 60.9 Å². The Hall–Kier alpha value is -3.81. The Morgan fingerprint density at radius 2 is 2.15 bits per heavy atom. The predicted molar refractivity (Wildman–Crippen MR) is 156 cm³/mol. The fourth-order valence-corrected chi connectivity index (χ4v) is 6.66. The number of aryl methyl sites for hydroxylation is 1. The van der Waals surface area contributed by atoms with Crippen molar-refractivity contribution in [1.29, 1.82) is 5.26 Å². The topological polar surface area (TPSA) is 130 Å². The van der Waals surface area contributed by atoms with E-state index in [0.29, 0.717) is 30.3 Å². The zero-order chi connectivity index (χ0) is 28.6. The SMILES string of the molecule is Cn1cnnc1C1(c2cccc(NC(=O)c3cc(CNC[C@@H]4CCCO4)c4c(n3)C(C)(C)CN4)c2)CC(CC#N)C1. The number of benzene rings is 1. The molecular formula is C31H38N8O2. The molecule has 0 unspecified atom stereocenters. The predicted octanol–water partition coefficient (Wildman–Crippen LogP) is 4.04. The summed E-state index contributed by atoms with van der Waals surface area (Å²) in [6, 6.07) is 12.2. The number of carbonyl (C=O) groups is 1. The number of hydrogen-bond donors (Lipinski definition) is 3. The zero-order valence-corrected chi connectivity index (χ0v) is 24.0. The highest BCUT2D eigenvalue weighted by atomic mass is 16.5. The highest BCUT2D eigenvalue weighted by Gasteiger charge is 2.49. The fourth-order valence-electron chi connectivity index (χ4n) is 6.66. The van der Waals surface area contributed by atoms with Crippen LogP contribution in [0.5, 0.6) is 0 Å². The molecule has 10 heteroatoms. The summed E-state index contributed by atoms with van der Waals surface area (Å²) in [5.74, 6) is 0.955. The lowest BCUT2D eigenvalue weighted by molar-refractivity contribution is 0.102. The molecule has 4 heterocycles. The number of pyridine rings is 1. The molecule has 6 rings (SSSR count). The standard InChI is InChI=1S/C31H38N8O2/c1-30(2)18-34-26-21(16-33-17-24-8-5-11-41-24)12-25(37-27(26)30)28(40)36-23-7-4-6-22(13-23)31(14-20(15-31)9-10-32)29-38-35-19-39(29)3/h4,6-7,12-13,19-20,24,33-34H,5,8-9,11,14-18H2,1-3H3,(H,36,40)/t20?,24-,31?/m0/s1. The van der Waals surface area contributed by atoms with Gasteiger partial charge in [-0.1, -0.05) is 26.0 Å². The second-order valence-corrected chi connectivity index (χ2v) is 12.4. The molecule has 41 heavy (non-hydrogen) atoms. The highest BCUT2D eigenvalue weighted by molar-refractivity contribution is 6.03. The second-order valence-electron chi connectivity index (χ2n) is 12.4. The van der Waals surface area contributed by atoms with E-state index in [-0.39, 0.29) is 22.8 Å². The van der Waals surface area contributed by atoms with Crippen molar-refractivity contribution in [3.05, 3.63) is 65.0 Å². The van der Waals surface area contributed by atoms with E-state index in [0.717, 1.165) is 73.7 Å². The summed E-state index contributed by atoms with van der Waals surface area (Å²) in [4.78, 5) is 18.5. The van der Waals surface area contributed by atoms with Crippen molar-refractivity contribution in [3.63, 3.8) is 0 Å². The third-order valence-electron chi connectivity index (χ3n) is 8.86. The largest absolute Gasteiger partial charge is 0.382 e. The van der Waals surface area contributed by atoms with Crippen LogP contribution in [0, 0.1) is 17.2 Å². The number of fused-ring (bicyclic) bond motifs is 1. The van der Waals surface area contributed by atoms with Gasteiger partial charge in [0.1, 0.15) is 17.8 Å². The number of nitrogens with zero attached hydrogens (tertiary/aromatic N) is 5. The van der Waals surface area contributed by atoms with Crippen molar-refractivity contribution < 1.29 is 9.53 Å². The van der Waals surface area contributed by atoms with Crippen molar-refractivity contribution in [1.82, 2.24) is 25.1 Å². The van der Waals surface area contributed by atoms with E-state index in [1.54, 1.807) is 6.33 Å². The molecule has 0 spiro atoms. The molecule has 3 aliphatic rings. The van der Waals surface area contributed by atoms with Crippen LogP contribution in [0.25, 0.3) is 0 Å². The molecule has 1 aromatic carbocycles. The minimum absolute atomic E-state index is 0.179. The number of hydrogen-bond acceptors (Lipinski definition) is 8. The first-order valence-electron chi connectivity index (χ1n) is 14.5. The molecule has 0 radical (unpaired) electrons. The quantitative estimate of drug-likeness (QED) is 0.361. The van der Waals surface area contributed by atoms with E-state index in [2.05, 4.69) is 52.1 Å². The lowest BCUT2D eigenvalue weighted by Crippen LogP contribution is -2.44. The van der Waals surface area contributed by atoms with Gasteiger partial charge in [0, 0.05) is 50.8 Å². The van der Waals surface area contributed by atoms with Gasteiger partial charge in [-0.25, -0.2) is 4.98 Å². The monoisotopic (exact) mass is 554 g/mol. The van der Waals surface area contributed by atoms with Gasteiger partial charge in [0.15, 0.2) is 0 Å². The first-order valence-corrected chi connectivity index (χ1v) is 14.5. The molecule has 1 saturated heterocycles. The van der Waals surface area contributed by atoms with E-state index < -0.39 is 0 Å². The van der Waals surface area contributed by atoms with Crippen LogP contribution in [0.15, 0.2) is 36.7 Å². The van der Waals surface area contributed by atoms with E-state index in [1.807, 2.05) is 35.9 Å². The molecule has 0 bridgehead atoms. The maximum Gasteiger partial charge on any atom is 0.274 e. The molecular weight excluding hydrogens is 516 g/mol. The number of aromatic nitrogens is 4. The minimum atomic E-state index is -0.336. The first kappa shape index (κ1) is 27.4. The number of anilines is 2. The van der Waals surface area contributed by atoms with Gasteiger partial charge < -0.3 is 25.3 Å². The van der Waals surface area contributed by atoms with E-state index in [1.165, 1.54) is 0 Å². The zero-order valence-electron chi connectivity index (χ0n) is 24.0. The average molecular weight is 555 g/mol. The lowest BCUT2D eigenvalue weighted by atomic mass is 9.57. The summed E-state index contributed by atoms with van der Waals surface area (Å²) in [6.07, 6.45) is 6.32. The summed E-state index contributed by atoms with van der Waals surface area (Å²) < 4.78 is 7.71. The Bertz CT molecular complexity index is 1480. The Labute approximate surface area is 240 Å². The van der Waals surface area contributed by atoms with Crippen molar-refractivity contribution in [2.24, 2.45) is 13.0 Å². The first-order chi connectivity index (χ1) is 19.8. The molecule has 10 nitrogen and oxygen atoms in total. The molecule has 1 aliphatic carbocycles. The van der Waals surface area contributed by atoms with Crippen molar-refractivity contribution >= 4 is 17.3 Å². The number of amides is 1. The Morgan fingerprint density at radius 3 is 2.88 bits per heavy atom.